The molecule has 0 aliphatic carbocycles. The highest BCUT2D eigenvalue weighted by Crippen LogP contribution is 2.47. The number of rotatable bonds is 7. The summed E-state index contributed by atoms with van der Waals surface area (Å²) >= 11 is 6.87. The number of hydrogen-bond donors (Lipinski definition) is 1. The minimum Gasteiger partial charge on any atom is -0.488 e. The fourth-order valence-corrected chi connectivity index (χ4v) is 7.06. The van der Waals surface area contributed by atoms with Gasteiger partial charge in [0.15, 0.2) is 5.75 Å². The molecule has 9 nitrogen and oxygen atoms in total. The maximum absolute atomic E-state index is 15.2. The first-order chi connectivity index (χ1) is 21.2. The van der Waals surface area contributed by atoms with Crippen LogP contribution in [0.15, 0.2) is 41.7 Å². The Morgan fingerprint density at radius 3 is 2.68 bits per heavy atom. The maximum Gasteiger partial charge on any atom is 0.350 e. The molecule has 12 heteroatoms. The third kappa shape index (κ3) is 5.57. The number of aromatic nitrogens is 2. The predicted octanol–water partition coefficient (Wildman–Crippen LogP) is 4.23. The van der Waals surface area contributed by atoms with Crippen molar-refractivity contribution in [3.05, 3.63) is 64.1 Å². The summed E-state index contributed by atoms with van der Waals surface area (Å²) in [6, 6.07) is 4.39. The van der Waals surface area contributed by atoms with Crippen LogP contribution in [0.2, 0.25) is 5.02 Å². The molecule has 4 heterocycles. The number of carbonyl (C=O) groups excluding carboxylic acids is 1. The van der Waals surface area contributed by atoms with Gasteiger partial charge in [-0.3, -0.25) is 9.36 Å². The van der Waals surface area contributed by atoms with Crippen LogP contribution in [-0.4, -0.2) is 89.8 Å². The van der Waals surface area contributed by atoms with Crippen molar-refractivity contribution in [2.45, 2.75) is 44.8 Å². The lowest BCUT2D eigenvalue weighted by Crippen LogP contribution is -2.58. The van der Waals surface area contributed by atoms with Crippen LogP contribution in [0.5, 0.6) is 5.75 Å². The summed E-state index contributed by atoms with van der Waals surface area (Å²) in [5.41, 5.74) is 0.415. The molecule has 1 N–H and O–H groups in total. The second kappa shape index (κ2) is 12.5. The molecule has 1 aromatic heterocycles. The zero-order valence-electron chi connectivity index (χ0n) is 25.0. The van der Waals surface area contributed by atoms with Crippen LogP contribution in [-0.2, 0) is 4.79 Å². The van der Waals surface area contributed by atoms with Crippen molar-refractivity contribution in [3.63, 3.8) is 0 Å². The molecule has 2 aromatic carbocycles. The zero-order chi connectivity index (χ0) is 31.1. The number of anilines is 1. The molecule has 0 saturated carbocycles. The molecule has 0 spiro atoms. The molecule has 6 rings (SSSR count). The van der Waals surface area contributed by atoms with Crippen molar-refractivity contribution < 1.29 is 18.3 Å². The number of carbonyl (C=O) groups is 1. The summed E-state index contributed by atoms with van der Waals surface area (Å²) < 4.78 is 37.1. The monoisotopic (exact) mass is 626 g/mol. The van der Waals surface area contributed by atoms with Crippen molar-refractivity contribution >= 4 is 34.2 Å². The van der Waals surface area contributed by atoms with Gasteiger partial charge in [0, 0.05) is 73.9 Å². The molecular weight excluding hydrogens is 590 g/mol. The van der Waals surface area contributed by atoms with E-state index in [1.165, 1.54) is 18.2 Å². The lowest BCUT2D eigenvalue weighted by atomic mass is 9.98. The summed E-state index contributed by atoms with van der Waals surface area (Å²) in [7, 11) is 0. The van der Waals surface area contributed by atoms with E-state index in [2.05, 4.69) is 21.8 Å². The molecule has 3 aliphatic rings. The van der Waals surface area contributed by atoms with Gasteiger partial charge >= 0.3 is 5.69 Å². The minimum atomic E-state index is -0.780. The SMILES string of the molecule is C=CC(=O)N1C[C@H](C)N(c2nc(=O)n3c4c(c(-c5ccc(F)cc5F)c(Cl)cc24)OC[C@H]3CCCN2CCNCC2)C[C@H]1C. The first-order valence-corrected chi connectivity index (χ1v) is 15.6. The van der Waals surface area contributed by atoms with Crippen LogP contribution in [0.1, 0.15) is 32.7 Å². The van der Waals surface area contributed by atoms with Crippen LogP contribution < -0.4 is 20.6 Å². The number of ether oxygens (including phenoxy) is 1. The highest BCUT2D eigenvalue weighted by Gasteiger charge is 2.36. The summed E-state index contributed by atoms with van der Waals surface area (Å²) in [5, 5.41) is 4.16. The Morgan fingerprint density at radius 2 is 1.95 bits per heavy atom. The Kier molecular flexibility index (Phi) is 8.63. The molecule has 234 valence electrons. The van der Waals surface area contributed by atoms with Gasteiger partial charge in [0.2, 0.25) is 5.91 Å². The summed E-state index contributed by atoms with van der Waals surface area (Å²) in [4.78, 5) is 37.2. The van der Waals surface area contributed by atoms with E-state index in [1.54, 1.807) is 15.5 Å². The second-order valence-electron chi connectivity index (χ2n) is 11.9. The predicted molar refractivity (Wildman–Crippen MR) is 168 cm³/mol. The van der Waals surface area contributed by atoms with Gasteiger partial charge in [-0.05, 0) is 57.5 Å². The second-order valence-corrected chi connectivity index (χ2v) is 12.3. The topological polar surface area (TPSA) is 82.9 Å². The highest BCUT2D eigenvalue weighted by molar-refractivity contribution is 6.35. The number of halogens is 3. The molecule has 2 fully saturated rings. The highest BCUT2D eigenvalue weighted by atomic mass is 35.5. The van der Waals surface area contributed by atoms with E-state index in [9.17, 15) is 14.0 Å². The van der Waals surface area contributed by atoms with Gasteiger partial charge in [-0.15, -0.1) is 0 Å². The van der Waals surface area contributed by atoms with Gasteiger partial charge in [-0.2, -0.15) is 4.98 Å². The molecule has 3 aliphatic heterocycles. The first-order valence-electron chi connectivity index (χ1n) is 15.2. The molecule has 1 amide bonds. The quantitative estimate of drug-likeness (QED) is 0.393. The number of piperazine rings is 2. The molecular formula is C32H37ClF2N6O3. The standard InChI is InChI=1S/C32H37ClF2N6O3/c1-4-27(42)39-16-20(3)40(17-19(39)2)31-24-15-25(33)28(23-8-7-21(34)14-26(23)35)30-29(24)41(32(43)37-31)22(18-44-30)6-5-11-38-12-9-36-10-13-38/h4,7-8,14-15,19-20,22,36H,1,5-6,9-13,16-18H2,2-3H3/t19-,20+,22-/m1/s1. The average molecular weight is 627 g/mol. The fraction of sp³-hybridized carbons (Fsp3) is 0.469. The largest absolute Gasteiger partial charge is 0.488 e. The molecule has 0 unspecified atom stereocenters. The Labute approximate surface area is 260 Å². The Morgan fingerprint density at radius 1 is 1.18 bits per heavy atom. The van der Waals surface area contributed by atoms with E-state index >= 15 is 4.39 Å². The van der Waals surface area contributed by atoms with E-state index in [-0.39, 0.29) is 52.5 Å². The van der Waals surface area contributed by atoms with Crippen molar-refractivity contribution in [1.82, 2.24) is 24.7 Å². The van der Waals surface area contributed by atoms with Crippen molar-refractivity contribution in [3.8, 4) is 16.9 Å². The van der Waals surface area contributed by atoms with E-state index in [4.69, 9.17) is 16.3 Å². The first kappa shape index (κ1) is 30.5. The normalized spacial score (nSPS) is 22.2. The lowest BCUT2D eigenvalue weighted by Gasteiger charge is -2.45. The summed E-state index contributed by atoms with van der Waals surface area (Å²) in [6.45, 7) is 13.4. The van der Waals surface area contributed by atoms with Crippen molar-refractivity contribution in [2.75, 3.05) is 57.3 Å². The molecule has 2 saturated heterocycles. The van der Waals surface area contributed by atoms with E-state index in [0.29, 0.717) is 36.2 Å². The van der Waals surface area contributed by atoms with Gasteiger partial charge in [0.25, 0.3) is 0 Å². The molecule has 3 aromatic rings. The fourth-order valence-electron chi connectivity index (χ4n) is 6.77. The van der Waals surface area contributed by atoms with Crippen molar-refractivity contribution in [2.24, 2.45) is 0 Å². The van der Waals surface area contributed by atoms with E-state index in [1.807, 2.05) is 18.7 Å². The third-order valence-corrected chi connectivity index (χ3v) is 9.32. The maximum atomic E-state index is 15.2. The van der Waals surface area contributed by atoms with Crippen molar-refractivity contribution in [1.29, 1.82) is 0 Å². The summed E-state index contributed by atoms with van der Waals surface area (Å²) in [6.07, 6.45) is 2.86. The Balaban J connectivity index is 1.47. The minimum absolute atomic E-state index is 0.0846. The Hall–Kier alpha value is -3.54. The number of nitrogens with zero attached hydrogens (tertiary/aromatic N) is 5. The van der Waals surface area contributed by atoms with Gasteiger partial charge in [-0.25, -0.2) is 13.6 Å². The molecule has 0 bridgehead atoms. The third-order valence-electron chi connectivity index (χ3n) is 9.02. The summed E-state index contributed by atoms with van der Waals surface area (Å²) in [5.74, 6) is -0.926. The zero-order valence-corrected chi connectivity index (χ0v) is 25.7. The van der Waals surface area contributed by atoms with E-state index in [0.717, 1.165) is 45.2 Å². The molecule has 44 heavy (non-hydrogen) atoms. The number of nitrogens with one attached hydrogen (secondary N) is 1. The van der Waals surface area contributed by atoms with Crippen LogP contribution in [0.3, 0.4) is 0 Å². The van der Waals surface area contributed by atoms with Crippen LogP contribution in [0, 0.1) is 11.6 Å². The number of benzene rings is 2. The molecule has 3 atom stereocenters. The van der Waals surface area contributed by atoms with Gasteiger partial charge in [-0.1, -0.05) is 18.2 Å². The van der Waals surface area contributed by atoms with Gasteiger partial charge < -0.3 is 24.8 Å². The average Bonchev–Trinajstić information content (AvgIpc) is 3.01. The van der Waals surface area contributed by atoms with Gasteiger partial charge in [0.05, 0.1) is 16.6 Å². The molecule has 0 radical (unpaired) electrons. The van der Waals surface area contributed by atoms with E-state index < -0.39 is 17.3 Å². The number of hydrogen-bond acceptors (Lipinski definition) is 7. The van der Waals surface area contributed by atoms with Gasteiger partial charge in [0.1, 0.15) is 24.1 Å². The van der Waals surface area contributed by atoms with Crippen LogP contribution in [0.4, 0.5) is 14.6 Å². The smallest absolute Gasteiger partial charge is 0.350 e. The Bertz CT molecular complexity index is 1660. The van der Waals surface area contributed by atoms with Crippen LogP contribution in [0.25, 0.3) is 22.0 Å². The van der Waals surface area contributed by atoms with Crippen LogP contribution >= 0.6 is 11.6 Å². The number of amides is 1. The lowest BCUT2D eigenvalue weighted by molar-refractivity contribution is -0.128.